The molecule has 0 unspecified atom stereocenters. The third-order valence-corrected chi connectivity index (χ3v) is 3.04. The first kappa shape index (κ1) is 14.4. The molecule has 4 heteroatoms. The number of phenolic OH excluding ortho intramolecular Hbond substituents is 1. The van der Waals surface area contributed by atoms with Gasteiger partial charge in [-0.25, -0.2) is 4.79 Å². The zero-order valence-electron chi connectivity index (χ0n) is 11.1. The summed E-state index contributed by atoms with van der Waals surface area (Å²) in [5, 5.41) is 18.8. The van der Waals surface area contributed by atoms with Gasteiger partial charge < -0.3 is 14.9 Å². The van der Waals surface area contributed by atoms with E-state index in [0.29, 0.717) is 0 Å². The van der Waals surface area contributed by atoms with Crippen molar-refractivity contribution in [3.05, 3.63) is 22.8 Å². The predicted octanol–water partition coefficient (Wildman–Crippen LogP) is 3.66. The van der Waals surface area contributed by atoms with Gasteiger partial charge in [0, 0.05) is 5.56 Å². The van der Waals surface area contributed by atoms with Crippen molar-refractivity contribution < 1.29 is 19.7 Å². The third-order valence-electron chi connectivity index (χ3n) is 3.04. The number of aromatic hydroxyl groups is 1. The first-order chi connectivity index (χ1) is 8.51. The van der Waals surface area contributed by atoms with Gasteiger partial charge in [-0.3, -0.25) is 0 Å². The Kier molecular flexibility index (Phi) is 5.01. The molecular formula is C14H20O4. The van der Waals surface area contributed by atoms with E-state index in [1.807, 2.05) is 13.8 Å². The average molecular weight is 252 g/mol. The highest BCUT2D eigenvalue weighted by molar-refractivity contribution is 5.65. The van der Waals surface area contributed by atoms with Gasteiger partial charge >= 0.3 is 6.16 Å². The van der Waals surface area contributed by atoms with Gasteiger partial charge in [0.1, 0.15) is 0 Å². The van der Waals surface area contributed by atoms with E-state index < -0.39 is 6.16 Å². The van der Waals surface area contributed by atoms with Crippen molar-refractivity contribution in [2.24, 2.45) is 0 Å². The summed E-state index contributed by atoms with van der Waals surface area (Å²) >= 11 is 0. The fraction of sp³-hybridized carbons (Fsp3) is 0.500. The number of benzene rings is 1. The number of aryl methyl sites for hydroxylation is 1. The number of ether oxygens (including phenoxy) is 1. The molecule has 0 amide bonds. The molecule has 0 bridgehead atoms. The maximum atomic E-state index is 10.6. The summed E-state index contributed by atoms with van der Waals surface area (Å²) in [5.74, 6) is -0.00315. The SMILES string of the molecule is CCCCc1c(O)c(OC(=O)O)cc(C)c1CC. The maximum Gasteiger partial charge on any atom is 0.511 e. The molecular weight excluding hydrogens is 232 g/mol. The van der Waals surface area contributed by atoms with Crippen LogP contribution in [-0.4, -0.2) is 16.4 Å². The van der Waals surface area contributed by atoms with Crippen LogP contribution < -0.4 is 4.74 Å². The first-order valence-electron chi connectivity index (χ1n) is 6.26. The Bertz CT molecular complexity index is 438. The summed E-state index contributed by atoms with van der Waals surface area (Å²) < 4.78 is 4.61. The van der Waals surface area contributed by atoms with Gasteiger partial charge in [0.25, 0.3) is 0 Å². The lowest BCUT2D eigenvalue weighted by atomic mass is 9.94. The predicted molar refractivity (Wildman–Crippen MR) is 69.5 cm³/mol. The molecule has 100 valence electrons. The standard InChI is InChI=1S/C14H20O4/c1-4-6-7-11-10(5-2)9(3)8-12(13(11)15)18-14(16)17/h8,15H,4-7H2,1-3H3,(H,16,17). The van der Waals surface area contributed by atoms with E-state index in [-0.39, 0.29) is 11.5 Å². The minimum atomic E-state index is -1.41. The molecule has 18 heavy (non-hydrogen) atoms. The van der Waals surface area contributed by atoms with Crippen LogP contribution in [0.4, 0.5) is 4.79 Å². The quantitative estimate of drug-likeness (QED) is 0.620. The topological polar surface area (TPSA) is 66.8 Å². The Balaban J connectivity index is 3.24. The molecule has 0 saturated carbocycles. The van der Waals surface area contributed by atoms with E-state index in [2.05, 4.69) is 11.7 Å². The van der Waals surface area contributed by atoms with Crippen LogP contribution in [0.1, 0.15) is 43.4 Å². The zero-order chi connectivity index (χ0) is 13.7. The lowest BCUT2D eigenvalue weighted by Crippen LogP contribution is -2.06. The lowest BCUT2D eigenvalue weighted by Gasteiger charge is -2.15. The minimum Gasteiger partial charge on any atom is -0.504 e. The number of unbranched alkanes of at least 4 members (excludes halogenated alkanes) is 1. The van der Waals surface area contributed by atoms with Crippen molar-refractivity contribution in [3.8, 4) is 11.5 Å². The van der Waals surface area contributed by atoms with Crippen LogP contribution in [0.2, 0.25) is 0 Å². The highest BCUT2D eigenvalue weighted by Crippen LogP contribution is 2.36. The van der Waals surface area contributed by atoms with Crippen molar-refractivity contribution in [2.45, 2.75) is 46.5 Å². The van der Waals surface area contributed by atoms with Crippen molar-refractivity contribution >= 4 is 6.16 Å². The van der Waals surface area contributed by atoms with Crippen LogP contribution in [0.25, 0.3) is 0 Å². The van der Waals surface area contributed by atoms with Crippen molar-refractivity contribution in [2.75, 3.05) is 0 Å². The largest absolute Gasteiger partial charge is 0.511 e. The maximum absolute atomic E-state index is 10.6. The number of rotatable bonds is 5. The monoisotopic (exact) mass is 252 g/mol. The fourth-order valence-electron chi connectivity index (χ4n) is 2.17. The van der Waals surface area contributed by atoms with Crippen LogP contribution >= 0.6 is 0 Å². The van der Waals surface area contributed by atoms with Gasteiger partial charge in [0.15, 0.2) is 11.5 Å². The van der Waals surface area contributed by atoms with E-state index in [4.69, 9.17) is 5.11 Å². The van der Waals surface area contributed by atoms with Gasteiger partial charge in [-0.05, 0) is 43.4 Å². The minimum absolute atomic E-state index is 0.0308. The Morgan fingerprint density at radius 1 is 1.33 bits per heavy atom. The van der Waals surface area contributed by atoms with Gasteiger partial charge in [-0.1, -0.05) is 20.3 Å². The molecule has 1 aromatic rings. The fourth-order valence-corrected chi connectivity index (χ4v) is 2.17. The number of hydrogen-bond acceptors (Lipinski definition) is 3. The number of hydrogen-bond donors (Lipinski definition) is 2. The Morgan fingerprint density at radius 3 is 2.50 bits per heavy atom. The molecule has 4 nitrogen and oxygen atoms in total. The lowest BCUT2D eigenvalue weighted by molar-refractivity contribution is 0.142. The molecule has 0 spiro atoms. The Hall–Kier alpha value is -1.71. The molecule has 0 aliphatic rings. The van der Waals surface area contributed by atoms with Gasteiger partial charge in [-0.15, -0.1) is 0 Å². The van der Waals surface area contributed by atoms with Gasteiger partial charge in [0.05, 0.1) is 0 Å². The van der Waals surface area contributed by atoms with Crippen molar-refractivity contribution in [3.63, 3.8) is 0 Å². The molecule has 0 fully saturated rings. The molecule has 0 aliphatic carbocycles. The molecule has 1 rings (SSSR count). The molecule has 0 radical (unpaired) electrons. The van der Waals surface area contributed by atoms with Crippen LogP contribution in [0.5, 0.6) is 11.5 Å². The van der Waals surface area contributed by atoms with Crippen LogP contribution in [0.15, 0.2) is 6.07 Å². The second-order valence-electron chi connectivity index (χ2n) is 4.32. The number of carboxylic acid groups (broad SMARTS) is 1. The second-order valence-corrected chi connectivity index (χ2v) is 4.32. The summed E-state index contributed by atoms with van der Waals surface area (Å²) in [6.07, 6.45) is 2.12. The number of phenols is 1. The molecule has 0 heterocycles. The van der Waals surface area contributed by atoms with E-state index in [1.165, 1.54) is 0 Å². The van der Waals surface area contributed by atoms with Gasteiger partial charge in [0.2, 0.25) is 0 Å². The summed E-state index contributed by atoms with van der Waals surface area (Å²) in [7, 11) is 0. The van der Waals surface area contributed by atoms with Crippen molar-refractivity contribution in [1.29, 1.82) is 0 Å². The smallest absolute Gasteiger partial charge is 0.504 e. The molecule has 0 saturated heterocycles. The Labute approximate surface area is 107 Å². The summed E-state index contributed by atoms with van der Waals surface area (Å²) in [6.45, 7) is 6.00. The number of carbonyl (C=O) groups is 1. The summed E-state index contributed by atoms with van der Waals surface area (Å²) in [4.78, 5) is 10.6. The molecule has 2 N–H and O–H groups in total. The third kappa shape index (κ3) is 3.15. The van der Waals surface area contributed by atoms with E-state index in [1.54, 1.807) is 6.07 Å². The van der Waals surface area contributed by atoms with Crippen LogP contribution in [0, 0.1) is 6.92 Å². The van der Waals surface area contributed by atoms with E-state index >= 15 is 0 Å². The summed E-state index contributed by atoms with van der Waals surface area (Å²) in [6, 6.07) is 1.58. The molecule has 0 atom stereocenters. The summed E-state index contributed by atoms with van der Waals surface area (Å²) in [5.41, 5.74) is 2.85. The molecule has 0 aromatic heterocycles. The molecule has 0 aliphatic heterocycles. The second kappa shape index (κ2) is 6.28. The molecule has 1 aromatic carbocycles. The Morgan fingerprint density at radius 2 is 2.00 bits per heavy atom. The normalized spacial score (nSPS) is 10.4. The highest BCUT2D eigenvalue weighted by Gasteiger charge is 2.17. The zero-order valence-corrected chi connectivity index (χ0v) is 11.1. The van der Waals surface area contributed by atoms with Crippen LogP contribution in [0.3, 0.4) is 0 Å². The first-order valence-corrected chi connectivity index (χ1v) is 6.26. The van der Waals surface area contributed by atoms with E-state index in [9.17, 15) is 9.90 Å². The van der Waals surface area contributed by atoms with Gasteiger partial charge in [-0.2, -0.15) is 0 Å². The average Bonchev–Trinajstić information content (AvgIpc) is 2.30. The van der Waals surface area contributed by atoms with Crippen LogP contribution in [-0.2, 0) is 12.8 Å². The van der Waals surface area contributed by atoms with Crippen molar-refractivity contribution in [1.82, 2.24) is 0 Å². The van der Waals surface area contributed by atoms with E-state index in [0.717, 1.165) is 42.4 Å². The highest BCUT2D eigenvalue weighted by atomic mass is 16.7.